The largest absolute Gasteiger partial charge is 0.370 e. The quantitative estimate of drug-likeness (QED) is 0.755. The number of aromatic amines is 1. The zero-order valence-corrected chi connectivity index (χ0v) is 15.7. The lowest BCUT2D eigenvalue weighted by Gasteiger charge is -2.40. The molecule has 2 aliphatic heterocycles. The highest BCUT2D eigenvalue weighted by Gasteiger charge is 2.38. The Morgan fingerprint density at radius 3 is 3.00 bits per heavy atom. The third kappa shape index (κ3) is 2.90. The van der Waals surface area contributed by atoms with E-state index in [1.807, 2.05) is 27.8 Å². The van der Waals surface area contributed by atoms with Crippen LogP contribution in [0.3, 0.4) is 0 Å². The maximum Gasteiger partial charge on any atom is 0.271 e. The zero-order valence-electron chi connectivity index (χ0n) is 15.7. The van der Waals surface area contributed by atoms with E-state index in [-0.39, 0.29) is 18.1 Å². The van der Waals surface area contributed by atoms with Gasteiger partial charge in [0.25, 0.3) is 5.91 Å². The number of aryl methyl sites for hydroxylation is 1. The van der Waals surface area contributed by atoms with Crippen LogP contribution in [-0.2, 0) is 17.8 Å². The highest BCUT2D eigenvalue weighted by Crippen LogP contribution is 2.30. The molecule has 2 atom stereocenters. The van der Waals surface area contributed by atoms with Crippen molar-refractivity contribution in [3.63, 3.8) is 0 Å². The van der Waals surface area contributed by atoms with Crippen LogP contribution in [-0.4, -0.2) is 55.2 Å². The third-order valence-corrected chi connectivity index (χ3v) is 5.68. The Morgan fingerprint density at radius 2 is 2.18 bits per heavy atom. The molecule has 0 saturated carbocycles. The van der Waals surface area contributed by atoms with Gasteiger partial charge >= 0.3 is 0 Å². The number of carbonyl (C=O) groups excluding carboxylic acids is 1. The van der Waals surface area contributed by atoms with E-state index < -0.39 is 0 Å². The maximum absolute atomic E-state index is 13.0. The van der Waals surface area contributed by atoms with Crippen molar-refractivity contribution in [2.45, 2.75) is 38.5 Å². The van der Waals surface area contributed by atoms with Crippen LogP contribution in [0.2, 0.25) is 0 Å². The van der Waals surface area contributed by atoms with Crippen molar-refractivity contribution in [1.82, 2.24) is 30.1 Å². The Balaban J connectivity index is 1.34. The summed E-state index contributed by atoms with van der Waals surface area (Å²) in [6.07, 6.45) is 3.59. The van der Waals surface area contributed by atoms with Crippen LogP contribution in [0.1, 0.15) is 41.1 Å². The van der Waals surface area contributed by atoms with E-state index in [0.717, 1.165) is 29.8 Å². The van der Waals surface area contributed by atoms with E-state index in [0.29, 0.717) is 25.4 Å². The van der Waals surface area contributed by atoms with Gasteiger partial charge in [0.1, 0.15) is 5.69 Å². The molecule has 1 fully saturated rings. The summed E-state index contributed by atoms with van der Waals surface area (Å²) in [5.41, 5.74) is 4.51. The summed E-state index contributed by atoms with van der Waals surface area (Å²) in [5.74, 6) is -0.0467. The molecule has 0 spiro atoms. The van der Waals surface area contributed by atoms with E-state index in [2.05, 4.69) is 39.6 Å². The first kappa shape index (κ1) is 17.1. The van der Waals surface area contributed by atoms with Crippen LogP contribution in [0.4, 0.5) is 0 Å². The standard InChI is InChI=1S/C20H22N6O2/c1-2-13-3-5-14(6-4-13)16-9-17(23-22-16)20(27)25-8-7-19-18(11-25)26-15(12-28-19)10-21-24-26/h3-6,9-10,18-19H,2,7-8,11-12H2,1H3,(H,22,23)/t18-,19+/m0/s1. The molecule has 28 heavy (non-hydrogen) atoms. The third-order valence-electron chi connectivity index (χ3n) is 5.68. The van der Waals surface area contributed by atoms with Gasteiger partial charge in [-0.15, -0.1) is 5.10 Å². The predicted octanol–water partition coefficient (Wildman–Crippen LogP) is 2.22. The summed E-state index contributed by atoms with van der Waals surface area (Å²) >= 11 is 0. The second-order valence-corrected chi connectivity index (χ2v) is 7.34. The Kier molecular flexibility index (Phi) is 4.20. The predicted molar refractivity (Wildman–Crippen MR) is 102 cm³/mol. The van der Waals surface area contributed by atoms with Crippen molar-refractivity contribution in [2.24, 2.45) is 0 Å². The number of likely N-dealkylation sites (tertiary alicyclic amines) is 1. The first-order valence-corrected chi connectivity index (χ1v) is 9.67. The number of carbonyl (C=O) groups is 1. The number of rotatable bonds is 3. The van der Waals surface area contributed by atoms with Gasteiger partial charge in [0.2, 0.25) is 0 Å². The Labute approximate surface area is 162 Å². The number of benzene rings is 1. The molecule has 0 unspecified atom stereocenters. The van der Waals surface area contributed by atoms with Gasteiger partial charge in [0.05, 0.1) is 36.3 Å². The number of hydrogen-bond donors (Lipinski definition) is 1. The molecule has 0 aliphatic carbocycles. The molecule has 1 amide bonds. The van der Waals surface area contributed by atoms with Crippen molar-refractivity contribution >= 4 is 5.91 Å². The summed E-state index contributed by atoms with van der Waals surface area (Å²) in [6.45, 7) is 3.87. The Bertz CT molecular complexity index is 992. The molecule has 0 radical (unpaired) electrons. The van der Waals surface area contributed by atoms with Gasteiger partial charge in [-0.1, -0.05) is 36.4 Å². The first-order valence-electron chi connectivity index (χ1n) is 9.67. The molecule has 8 nitrogen and oxygen atoms in total. The summed E-state index contributed by atoms with van der Waals surface area (Å²) in [7, 11) is 0. The van der Waals surface area contributed by atoms with Crippen LogP contribution in [0, 0.1) is 0 Å². The molecule has 2 aromatic heterocycles. The molecule has 8 heteroatoms. The minimum absolute atomic E-state index is 0.00734. The molecular formula is C20H22N6O2. The maximum atomic E-state index is 13.0. The zero-order chi connectivity index (χ0) is 19.1. The molecule has 4 heterocycles. The fraction of sp³-hybridized carbons (Fsp3) is 0.400. The summed E-state index contributed by atoms with van der Waals surface area (Å²) in [5, 5.41) is 15.4. The minimum atomic E-state index is -0.0467. The lowest BCUT2D eigenvalue weighted by Crippen LogP contribution is -2.50. The van der Waals surface area contributed by atoms with E-state index >= 15 is 0 Å². The van der Waals surface area contributed by atoms with E-state index in [9.17, 15) is 4.79 Å². The van der Waals surface area contributed by atoms with Crippen LogP contribution in [0.25, 0.3) is 11.3 Å². The van der Waals surface area contributed by atoms with Gasteiger partial charge < -0.3 is 9.64 Å². The average molecular weight is 378 g/mol. The van der Waals surface area contributed by atoms with E-state index in [1.54, 1.807) is 6.20 Å². The van der Waals surface area contributed by atoms with Gasteiger partial charge in [0.15, 0.2) is 0 Å². The highest BCUT2D eigenvalue weighted by atomic mass is 16.5. The molecule has 0 bridgehead atoms. The van der Waals surface area contributed by atoms with Gasteiger partial charge in [-0.3, -0.25) is 9.89 Å². The lowest BCUT2D eigenvalue weighted by molar-refractivity contribution is -0.0605. The fourth-order valence-corrected chi connectivity index (χ4v) is 4.02. The Morgan fingerprint density at radius 1 is 1.32 bits per heavy atom. The molecule has 1 N–H and O–H groups in total. The van der Waals surface area contributed by atoms with Crippen molar-refractivity contribution < 1.29 is 9.53 Å². The van der Waals surface area contributed by atoms with Crippen molar-refractivity contribution in [3.8, 4) is 11.3 Å². The number of amides is 1. The van der Waals surface area contributed by atoms with E-state index in [4.69, 9.17) is 4.74 Å². The van der Waals surface area contributed by atoms with Crippen molar-refractivity contribution in [1.29, 1.82) is 0 Å². The average Bonchev–Trinajstić information content (AvgIpc) is 3.42. The van der Waals surface area contributed by atoms with Crippen LogP contribution in [0.5, 0.6) is 0 Å². The van der Waals surface area contributed by atoms with Gasteiger partial charge in [0, 0.05) is 18.7 Å². The number of ether oxygens (including phenoxy) is 1. The molecule has 5 rings (SSSR count). The molecule has 2 aliphatic rings. The summed E-state index contributed by atoms with van der Waals surface area (Å²) in [6, 6.07) is 10.1. The van der Waals surface area contributed by atoms with Gasteiger partial charge in [-0.2, -0.15) is 5.10 Å². The van der Waals surface area contributed by atoms with Gasteiger partial charge in [-0.25, -0.2) is 4.68 Å². The molecule has 144 valence electrons. The molecular weight excluding hydrogens is 356 g/mol. The molecule has 1 aromatic carbocycles. The normalized spacial score (nSPS) is 21.2. The topological polar surface area (TPSA) is 88.9 Å². The number of H-pyrrole nitrogens is 1. The number of piperidine rings is 1. The first-order chi connectivity index (χ1) is 13.7. The lowest BCUT2D eigenvalue weighted by atomic mass is 10.00. The number of aromatic nitrogens is 5. The van der Waals surface area contributed by atoms with Crippen LogP contribution >= 0.6 is 0 Å². The number of nitrogens with zero attached hydrogens (tertiary/aromatic N) is 5. The SMILES string of the molecule is CCc1ccc(-c2cc(C(=O)N3CC[C@H]4OCc5cnnn5[C@H]4C3)[nH]n2)cc1. The smallest absolute Gasteiger partial charge is 0.271 e. The molecule has 3 aromatic rings. The number of hydrogen-bond acceptors (Lipinski definition) is 5. The monoisotopic (exact) mass is 378 g/mol. The second-order valence-electron chi connectivity index (χ2n) is 7.34. The van der Waals surface area contributed by atoms with Gasteiger partial charge in [-0.05, 0) is 24.5 Å². The van der Waals surface area contributed by atoms with Crippen molar-refractivity contribution in [3.05, 3.63) is 53.5 Å². The summed E-state index contributed by atoms with van der Waals surface area (Å²) < 4.78 is 7.83. The number of fused-ring (bicyclic) bond motifs is 3. The van der Waals surface area contributed by atoms with Crippen LogP contribution < -0.4 is 0 Å². The fourth-order valence-electron chi connectivity index (χ4n) is 4.02. The van der Waals surface area contributed by atoms with Crippen LogP contribution in [0.15, 0.2) is 36.5 Å². The second kappa shape index (κ2) is 6.87. The minimum Gasteiger partial charge on any atom is -0.370 e. The van der Waals surface area contributed by atoms with Crippen molar-refractivity contribution in [2.75, 3.05) is 13.1 Å². The molecule has 1 saturated heterocycles. The van der Waals surface area contributed by atoms with E-state index in [1.165, 1.54) is 5.56 Å². The Hall–Kier alpha value is -3.00. The number of nitrogens with one attached hydrogen (secondary N) is 1. The highest BCUT2D eigenvalue weighted by molar-refractivity contribution is 5.93. The summed E-state index contributed by atoms with van der Waals surface area (Å²) in [4.78, 5) is 14.9.